The maximum Gasteiger partial charge on any atom is 0.255 e. The monoisotopic (exact) mass is 411 g/mol. The van der Waals surface area contributed by atoms with Crippen LogP contribution in [0.4, 0.5) is 5.69 Å². The van der Waals surface area contributed by atoms with Crippen LogP contribution in [0.3, 0.4) is 0 Å². The fraction of sp³-hybridized carbons (Fsp3) is 0.375. The van der Waals surface area contributed by atoms with Crippen molar-refractivity contribution < 1.29 is 4.79 Å². The molecule has 4 nitrogen and oxygen atoms in total. The molecule has 0 saturated carbocycles. The third kappa shape index (κ3) is 4.65. The van der Waals surface area contributed by atoms with Gasteiger partial charge in [0.15, 0.2) is 0 Å². The van der Waals surface area contributed by atoms with E-state index >= 15 is 0 Å². The first-order valence-electron chi connectivity index (χ1n) is 10.1. The number of amides is 1. The van der Waals surface area contributed by atoms with Crippen LogP contribution in [0.2, 0.25) is 0 Å². The van der Waals surface area contributed by atoms with Crippen molar-refractivity contribution in [1.82, 2.24) is 9.88 Å². The van der Waals surface area contributed by atoms with Crippen molar-refractivity contribution in [1.29, 1.82) is 0 Å². The summed E-state index contributed by atoms with van der Waals surface area (Å²) in [5.41, 5.74) is 4.26. The number of nitrogens with one attached hydrogen (secondary N) is 2. The molecular weight excluding hydrogens is 382 g/mol. The summed E-state index contributed by atoms with van der Waals surface area (Å²) in [4.78, 5) is 18.5. The van der Waals surface area contributed by atoms with E-state index in [1.165, 1.54) is 23.8 Å². The topological polar surface area (TPSA) is 48.1 Å². The summed E-state index contributed by atoms with van der Waals surface area (Å²) >= 11 is 0. The van der Waals surface area contributed by atoms with Gasteiger partial charge >= 0.3 is 0 Å². The van der Waals surface area contributed by atoms with E-state index in [0.29, 0.717) is 11.5 Å². The molecule has 1 amide bonds. The van der Waals surface area contributed by atoms with Gasteiger partial charge in [-0.1, -0.05) is 18.2 Å². The van der Waals surface area contributed by atoms with Crippen molar-refractivity contribution >= 4 is 34.9 Å². The van der Waals surface area contributed by atoms with Crippen LogP contribution >= 0.6 is 12.4 Å². The van der Waals surface area contributed by atoms with Crippen LogP contribution in [0.1, 0.15) is 55.5 Å². The Bertz CT molecular complexity index is 967. The lowest BCUT2D eigenvalue weighted by atomic mass is 9.87. The second kappa shape index (κ2) is 8.60. The normalized spacial score (nSPS) is 15.8. The predicted octanol–water partition coefficient (Wildman–Crippen LogP) is 5.82. The van der Waals surface area contributed by atoms with E-state index in [2.05, 4.69) is 54.3 Å². The minimum atomic E-state index is -0.0736. The molecule has 1 aromatic heterocycles. The lowest BCUT2D eigenvalue weighted by Crippen LogP contribution is -2.45. The molecule has 0 unspecified atom stereocenters. The molecule has 0 aliphatic carbocycles. The Hall–Kier alpha value is -2.30. The largest absolute Gasteiger partial charge is 0.361 e. The smallest absolute Gasteiger partial charge is 0.255 e. The molecule has 5 heteroatoms. The van der Waals surface area contributed by atoms with Gasteiger partial charge in [0.1, 0.15) is 0 Å². The lowest BCUT2D eigenvalue weighted by molar-refractivity contribution is 0.102. The van der Waals surface area contributed by atoms with Crippen molar-refractivity contribution in [2.45, 2.75) is 45.1 Å². The average molecular weight is 412 g/mol. The zero-order valence-electron chi connectivity index (χ0n) is 17.4. The Kier molecular flexibility index (Phi) is 6.35. The van der Waals surface area contributed by atoms with Crippen molar-refractivity contribution in [3.05, 3.63) is 65.9 Å². The molecular formula is C24H30ClN3O. The SMILES string of the molecule is CC(C)(C)N1CCC(c2c[nH]c3ccc(NC(=O)c4ccccc4)cc23)CC1.Cl. The summed E-state index contributed by atoms with van der Waals surface area (Å²) in [6.07, 6.45) is 4.50. The Morgan fingerprint density at radius 1 is 1.07 bits per heavy atom. The molecule has 3 aromatic rings. The van der Waals surface area contributed by atoms with Crippen LogP contribution in [0.5, 0.6) is 0 Å². The van der Waals surface area contributed by atoms with E-state index in [0.717, 1.165) is 24.3 Å². The number of aromatic nitrogens is 1. The number of nitrogens with zero attached hydrogens (tertiary/aromatic N) is 1. The molecule has 0 bridgehead atoms. The zero-order valence-corrected chi connectivity index (χ0v) is 18.2. The van der Waals surface area contributed by atoms with Crippen molar-refractivity contribution in [3.8, 4) is 0 Å². The first kappa shape index (κ1) is 21.4. The first-order valence-corrected chi connectivity index (χ1v) is 10.1. The number of anilines is 1. The Morgan fingerprint density at radius 3 is 2.41 bits per heavy atom. The molecule has 0 radical (unpaired) electrons. The molecule has 2 heterocycles. The van der Waals surface area contributed by atoms with Gasteiger partial charge in [0.25, 0.3) is 5.91 Å². The van der Waals surface area contributed by atoms with Gasteiger partial charge in [-0.05, 0) is 88.5 Å². The molecule has 1 fully saturated rings. The minimum absolute atomic E-state index is 0. The Morgan fingerprint density at radius 2 is 1.76 bits per heavy atom. The summed E-state index contributed by atoms with van der Waals surface area (Å²) in [6, 6.07) is 15.5. The molecule has 0 atom stereocenters. The number of carbonyl (C=O) groups excluding carboxylic acids is 1. The highest BCUT2D eigenvalue weighted by Crippen LogP contribution is 2.35. The molecule has 1 aliphatic heterocycles. The molecule has 2 N–H and O–H groups in total. The summed E-state index contributed by atoms with van der Waals surface area (Å²) in [7, 11) is 0. The van der Waals surface area contributed by atoms with E-state index in [9.17, 15) is 4.79 Å². The van der Waals surface area contributed by atoms with Gasteiger partial charge in [-0.3, -0.25) is 9.69 Å². The van der Waals surface area contributed by atoms with Gasteiger partial charge in [-0.15, -0.1) is 12.4 Å². The van der Waals surface area contributed by atoms with E-state index in [1.54, 1.807) is 0 Å². The quantitative estimate of drug-likeness (QED) is 0.570. The highest BCUT2D eigenvalue weighted by Gasteiger charge is 2.28. The van der Waals surface area contributed by atoms with E-state index < -0.39 is 0 Å². The number of piperidine rings is 1. The predicted molar refractivity (Wildman–Crippen MR) is 123 cm³/mol. The molecule has 1 aliphatic rings. The highest BCUT2D eigenvalue weighted by molar-refractivity contribution is 6.05. The number of carbonyl (C=O) groups is 1. The van der Waals surface area contributed by atoms with Crippen molar-refractivity contribution in [2.24, 2.45) is 0 Å². The number of H-pyrrole nitrogens is 1. The molecule has 4 rings (SSSR count). The fourth-order valence-electron chi connectivity index (χ4n) is 4.21. The van der Waals surface area contributed by atoms with Crippen LogP contribution < -0.4 is 5.32 Å². The number of fused-ring (bicyclic) bond motifs is 1. The number of rotatable bonds is 3. The van der Waals surface area contributed by atoms with E-state index in [1.807, 2.05) is 36.4 Å². The van der Waals surface area contributed by atoms with Crippen LogP contribution in [0.15, 0.2) is 54.7 Å². The van der Waals surface area contributed by atoms with Gasteiger partial charge in [0.05, 0.1) is 0 Å². The third-order valence-electron chi connectivity index (χ3n) is 5.89. The highest BCUT2D eigenvalue weighted by atomic mass is 35.5. The molecule has 29 heavy (non-hydrogen) atoms. The molecule has 2 aromatic carbocycles. The molecule has 154 valence electrons. The molecule has 0 spiro atoms. The first-order chi connectivity index (χ1) is 13.4. The third-order valence-corrected chi connectivity index (χ3v) is 5.89. The van der Waals surface area contributed by atoms with Gasteiger partial charge < -0.3 is 10.3 Å². The summed E-state index contributed by atoms with van der Waals surface area (Å²) in [6.45, 7) is 9.14. The standard InChI is InChI=1S/C24H29N3O.ClH/c1-24(2,3)27-13-11-17(12-14-27)21-16-25-22-10-9-19(15-20(21)22)26-23(28)18-7-5-4-6-8-18;/h4-10,15-17,25H,11-14H2,1-3H3,(H,26,28);1H. The van der Waals surface area contributed by atoms with E-state index in [-0.39, 0.29) is 23.9 Å². The van der Waals surface area contributed by atoms with Crippen LogP contribution in [0, 0.1) is 0 Å². The number of likely N-dealkylation sites (tertiary alicyclic amines) is 1. The number of hydrogen-bond donors (Lipinski definition) is 2. The number of hydrogen-bond acceptors (Lipinski definition) is 2. The van der Waals surface area contributed by atoms with Gasteiger partial charge in [-0.2, -0.15) is 0 Å². The maximum absolute atomic E-state index is 12.5. The second-order valence-corrected chi connectivity index (χ2v) is 8.76. The van der Waals surface area contributed by atoms with Crippen molar-refractivity contribution in [3.63, 3.8) is 0 Å². The van der Waals surface area contributed by atoms with E-state index in [4.69, 9.17) is 0 Å². The van der Waals surface area contributed by atoms with Crippen LogP contribution in [-0.2, 0) is 0 Å². The van der Waals surface area contributed by atoms with Gasteiger partial charge in [-0.25, -0.2) is 0 Å². The number of aromatic amines is 1. The number of halogens is 1. The summed E-state index contributed by atoms with van der Waals surface area (Å²) in [5.74, 6) is 0.489. The number of benzene rings is 2. The van der Waals surface area contributed by atoms with Crippen LogP contribution in [-0.4, -0.2) is 34.4 Å². The lowest BCUT2D eigenvalue weighted by Gasteiger charge is -2.40. The zero-order chi connectivity index (χ0) is 19.7. The Balaban J connectivity index is 0.00000240. The summed E-state index contributed by atoms with van der Waals surface area (Å²) < 4.78 is 0. The second-order valence-electron chi connectivity index (χ2n) is 8.76. The van der Waals surface area contributed by atoms with Crippen molar-refractivity contribution in [2.75, 3.05) is 18.4 Å². The Labute approximate surface area is 179 Å². The van der Waals surface area contributed by atoms with Crippen LogP contribution in [0.25, 0.3) is 10.9 Å². The minimum Gasteiger partial charge on any atom is -0.361 e. The maximum atomic E-state index is 12.5. The van der Waals surface area contributed by atoms with Gasteiger partial charge in [0.2, 0.25) is 0 Å². The summed E-state index contributed by atoms with van der Waals surface area (Å²) in [5, 5.41) is 4.26. The average Bonchev–Trinajstić information content (AvgIpc) is 3.11. The molecule has 1 saturated heterocycles. The van der Waals surface area contributed by atoms with Gasteiger partial charge in [0, 0.05) is 33.9 Å². The fourth-order valence-corrected chi connectivity index (χ4v) is 4.21.